The Bertz CT molecular complexity index is 1050. The molecule has 0 fully saturated rings. The van der Waals surface area contributed by atoms with Crippen LogP contribution in [0, 0.1) is 0 Å². The summed E-state index contributed by atoms with van der Waals surface area (Å²) in [7, 11) is 0. The first-order chi connectivity index (χ1) is 14.9. The van der Waals surface area contributed by atoms with Crippen molar-refractivity contribution >= 4 is 0 Å². The lowest BCUT2D eigenvalue weighted by Crippen LogP contribution is -2.33. The fraction of sp³-hybridized carbons (Fsp3) is 0.167. The maximum absolute atomic E-state index is 4.60. The monoisotopic (exact) mass is 397 g/mol. The zero-order valence-electron chi connectivity index (χ0n) is 16.8. The summed E-state index contributed by atoms with van der Waals surface area (Å²) in [5.74, 6) is 0. The lowest BCUT2D eigenvalue weighted by molar-refractivity contribution is -0.597. The van der Waals surface area contributed by atoms with Crippen molar-refractivity contribution < 1.29 is 4.57 Å². The molecule has 0 amide bonds. The summed E-state index contributed by atoms with van der Waals surface area (Å²) in [6, 6.07) is 16.3. The van der Waals surface area contributed by atoms with Crippen LogP contribution < -0.4 is 15.2 Å². The van der Waals surface area contributed by atoms with Gasteiger partial charge in [0, 0.05) is 74.9 Å². The molecular weight excluding hydrogens is 372 g/mol. The number of nitrogens with zero attached hydrogens (tertiary/aromatic N) is 4. The summed E-state index contributed by atoms with van der Waals surface area (Å²) in [6.45, 7) is 3.01. The van der Waals surface area contributed by atoms with Gasteiger partial charge in [-0.05, 0) is 35.4 Å². The molecule has 0 aliphatic carbocycles. The Hall–Kier alpha value is -3.48. The molecule has 0 aliphatic rings. The fourth-order valence-corrected chi connectivity index (χ4v) is 3.26. The van der Waals surface area contributed by atoms with E-state index in [1.165, 1.54) is 11.1 Å². The van der Waals surface area contributed by atoms with E-state index in [-0.39, 0.29) is 0 Å². The second-order valence-electron chi connectivity index (χ2n) is 7.02. The van der Waals surface area contributed by atoms with Crippen molar-refractivity contribution in [1.29, 1.82) is 0 Å². The molecule has 0 unspecified atom stereocenters. The Morgan fingerprint density at radius 3 is 2.00 bits per heavy atom. The molecule has 4 heterocycles. The molecule has 30 heavy (non-hydrogen) atoms. The molecule has 4 rings (SSSR count). The Morgan fingerprint density at radius 1 is 0.667 bits per heavy atom. The average molecular weight is 398 g/mol. The highest BCUT2D eigenvalue weighted by atomic mass is 15.0. The molecular formula is C24H25N6+. The number of rotatable bonds is 9. The quantitative estimate of drug-likeness (QED) is 0.425. The molecule has 0 aliphatic heterocycles. The molecule has 0 bridgehead atoms. The van der Waals surface area contributed by atoms with Crippen LogP contribution in [-0.2, 0) is 26.2 Å². The third kappa shape index (κ3) is 5.53. The van der Waals surface area contributed by atoms with Crippen LogP contribution in [0.5, 0.6) is 0 Å². The van der Waals surface area contributed by atoms with Crippen molar-refractivity contribution in [2.24, 2.45) is 0 Å². The van der Waals surface area contributed by atoms with Crippen LogP contribution in [-0.4, -0.2) is 15.0 Å². The highest BCUT2D eigenvalue weighted by Crippen LogP contribution is 2.07. The highest BCUT2D eigenvalue weighted by molar-refractivity contribution is 5.27. The van der Waals surface area contributed by atoms with Crippen LogP contribution in [0.15, 0.2) is 91.9 Å². The summed E-state index contributed by atoms with van der Waals surface area (Å²) < 4.78 is 2.13. The van der Waals surface area contributed by atoms with Crippen LogP contribution in [0.2, 0.25) is 0 Å². The van der Waals surface area contributed by atoms with Gasteiger partial charge in [-0.3, -0.25) is 15.0 Å². The molecule has 150 valence electrons. The number of aromatic nitrogens is 4. The first-order valence-electron chi connectivity index (χ1n) is 10.0. The van der Waals surface area contributed by atoms with Crippen molar-refractivity contribution in [3.8, 4) is 5.69 Å². The van der Waals surface area contributed by atoms with Gasteiger partial charge in [-0.2, -0.15) is 4.57 Å². The number of hydrogen-bond acceptors (Lipinski definition) is 5. The molecule has 0 saturated carbocycles. The highest BCUT2D eigenvalue weighted by Gasteiger charge is 2.13. The number of nitrogens with one attached hydrogen (secondary N) is 2. The van der Waals surface area contributed by atoms with Gasteiger partial charge in [-0.1, -0.05) is 12.1 Å². The molecule has 0 atom stereocenters. The predicted octanol–water partition coefficient (Wildman–Crippen LogP) is 2.73. The van der Waals surface area contributed by atoms with Crippen LogP contribution >= 0.6 is 0 Å². The van der Waals surface area contributed by atoms with E-state index in [0.717, 1.165) is 36.6 Å². The second kappa shape index (κ2) is 10.3. The summed E-state index contributed by atoms with van der Waals surface area (Å²) in [4.78, 5) is 12.9. The zero-order valence-corrected chi connectivity index (χ0v) is 16.8. The third-order valence-corrected chi connectivity index (χ3v) is 4.73. The van der Waals surface area contributed by atoms with Crippen molar-refractivity contribution in [3.05, 3.63) is 114 Å². The lowest BCUT2D eigenvalue weighted by Gasteiger charge is -2.07. The van der Waals surface area contributed by atoms with E-state index in [2.05, 4.69) is 72.9 Å². The molecule has 0 aromatic carbocycles. The second-order valence-corrected chi connectivity index (χ2v) is 7.02. The van der Waals surface area contributed by atoms with Crippen LogP contribution in [0.3, 0.4) is 0 Å². The lowest BCUT2D eigenvalue weighted by atomic mass is 10.2. The Balaban J connectivity index is 1.40. The normalized spacial score (nSPS) is 10.8. The first-order valence-corrected chi connectivity index (χ1v) is 10.0. The molecule has 0 radical (unpaired) electrons. The van der Waals surface area contributed by atoms with Gasteiger partial charge in [0.25, 0.3) is 0 Å². The van der Waals surface area contributed by atoms with Gasteiger partial charge in [0.15, 0.2) is 12.4 Å². The van der Waals surface area contributed by atoms with E-state index in [1.807, 2.05) is 36.8 Å². The molecule has 0 spiro atoms. The van der Waals surface area contributed by atoms with Crippen LogP contribution in [0.4, 0.5) is 0 Å². The van der Waals surface area contributed by atoms with Gasteiger partial charge in [0.2, 0.25) is 5.69 Å². The Morgan fingerprint density at radius 2 is 1.30 bits per heavy atom. The maximum Gasteiger partial charge on any atom is 0.233 e. The minimum Gasteiger partial charge on any atom is -0.308 e. The molecule has 2 N–H and O–H groups in total. The van der Waals surface area contributed by atoms with Gasteiger partial charge in [-0.15, -0.1) is 0 Å². The van der Waals surface area contributed by atoms with Crippen molar-refractivity contribution in [3.63, 3.8) is 0 Å². The van der Waals surface area contributed by atoms with Gasteiger partial charge >= 0.3 is 0 Å². The predicted molar refractivity (Wildman–Crippen MR) is 115 cm³/mol. The Kier molecular flexibility index (Phi) is 6.83. The Labute approximate surface area is 176 Å². The standard InChI is InChI=1S/C24H25N6/c1-5-20(13-25-9-1)15-27-17-22-7-4-12-30(19-22)24-8-3-11-29-23(24)18-28-16-21-6-2-10-26-14-21/h1-14,19,27-28H,15-18H2/q+1. The largest absolute Gasteiger partial charge is 0.308 e. The first kappa shape index (κ1) is 19.8. The summed E-state index contributed by atoms with van der Waals surface area (Å²) in [6.07, 6.45) is 13.4. The van der Waals surface area contributed by atoms with Crippen LogP contribution in [0.25, 0.3) is 5.69 Å². The van der Waals surface area contributed by atoms with E-state index in [0.29, 0.717) is 6.54 Å². The minimum absolute atomic E-state index is 0.682. The van der Waals surface area contributed by atoms with E-state index < -0.39 is 0 Å². The number of pyridine rings is 4. The van der Waals surface area contributed by atoms with Gasteiger partial charge in [0.1, 0.15) is 5.69 Å². The van der Waals surface area contributed by atoms with E-state index in [9.17, 15) is 0 Å². The topological polar surface area (TPSA) is 66.6 Å². The fourth-order valence-electron chi connectivity index (χ4n) is 3.26. The van der Waals surface area contributed by atoms with Gasteiger partial charge in [-0.25, -0.2) is 0 Å². The van der Waals surface area contributed by atoms with E-state index in [4.69, 9.17) is 0 Å². The molecule has 6 nitrogen and oxygen atoms in total. The van der Waals surface area contributed by atoms with E-state index in [1.54, 1.807) is 12.4 Å². The average Bonchev–Trinajstić information content (AvgIpc) is 2.81. The molecule has 4 aromatic heterocycles. The van der Waals surface area contributed by atoms with Gasteiger partial charge in [0.05, 0.1) is 0 Å². The number of hydrogen-bond donors (Lipinski definition) is 2. The summed E-state index contributed by atoms with van der Waals surface area (Å²) in [5, 5.41) is 6.94. The van der Waals surface area contributed by atoms with Crippen molar-refractivity contribution in [2.75, 3.05) is 0 Å². The van der Waals surface area contributed by atoms with Crippen LogP contribution in [0.1, 0.15) is 22.4 Å². The van der Waals surface area contributed by atoms with Crippen molar-refractivity contribution in [1.82, 2.24) is 25.6 Å². The van der Waals surface area contributed by atoms with Crippen molar-refractivity contribution in [2.45, 2.75) is 26.2 Å². The summed E-state index contributed by atoms with van der Waals surface area (Å²) in [5.41, 5.74) is 5.62. The SMILES string of the molecule is c1cncc(CNCc2ccc[n+](-c3cccnc3CNCc3cccnc3)c2)c1. The smallest absolute Gasteiger partial charge is 0.233 e. The summed E-state index contributed by atoms with van der Waals surface area (Å²) >= 11 is 0. The minimum atomic E-state index is 0.682. The van der Waals surface area contributed by atoms with Gasteiger partial charge < -0.3 is 10.6 Å². The van der Waals surface area contributed by atoms with E-state index >= 15 is 0 Å². The zero-order chi connectivity index (χ0) is 20.4. The maximum atomic E-state index is 4.60. The third-order valence-electron chi connectivity index (χ3n) is 4.73. The molecule has 4 aromatic rings. The molecule has 0 saturated heterocycles. The molecule has 6 heteroatoms.